The summed E-state index contributed by atoms with van der Waals surface area (Å²) in [6.07, 6.45) is 0. The molecule has 0 atom stereocenters. The number of furan rings is 1. The normalized spacial score (nSPS) is 12.7. The summed E-state index contributed by atoms with van der Waals surface area (Å²) in [5.41, 5.74) is 17.3. The third-order valence-electron chi connectivity index (χ3n) is 13.5. The lowest BCUT2D eigenvalue weighted by molar-refractivity contribution is 0.669. The van der Waals surface area contributed by atoms with E-state index in [1.165, 1.54) is 44.5 Å². The zero-order valence-electron chi connectivity index (χ0n) is 35.4. The number of anilines is 3. The second-order valence-electron chi connectivity index (χ2n) is 17.0. The Morgan fingerprint density at radius 1 is 0.338 bits per heavy atom. The smallest absolute Gasteiger partial charge is 0.136 e. The molecule has 2 aromatic heterocycles. The summed E-state index contributed by atoms with van der Waals surface area (Å²) in [6.45, 7) is 0. The first kappa shape index (κ1) is 37.1. The van der Waals surface area contributed by atoms with E-state index in [1.807, 2.05) is 12.1 Å². The summed E-state index contributed by atoms with van der Waals surface area (Å²) in [5.74, 6) is 0. The molecule has 12 aromatic rings. The average Bonchev–Trinajstić information content (AvgIpc) is 3.90. The molecule has 2 heterocycles. The number of hydrogen-bond acceptors (Lipinski definition) is 3. The maximum Gasteiger partial charge on any atom is 0.136 e. The minimum atomic E-state index is -0.520. The Kier molecular flexibility index (Phi) is 8.44. The third-order valence-corrected chi connectivity index (χ3v) is 13.5. The minimum Gasteiger partial charge on any atom is -0.456 e. The molecule has 10 aromatic carbocycles. The van der Waals surface area contributed by atoms with Crippen LogP contribution in [0.2, 0.25) is 0 Å². The standard InChI is InChI=1S/C62H40N2O/c1-4-16-41(17-5-1)42-28-32-46(33-29-42)64(48-36-37-51-50-23-12-14-26-56(50)62(57(51)38-48,44-18-6-2-7-19-44)45-20-8-3-9-21-45)47-34-30-43(31-35-47)61-53-25-11-10-22-49(53)54-40-60-55(39-58(54)63-61)52-24-13-15-27-59(52)65-60/h1-40H. The molecule has 0 aliphatic heterocycles. The number of benzene rings is 10. The van der Waals surface area contributed by atoms with Crippen molar-refractivity contribution in [2.24, 2.45) is 0 Å². The van der Waals surface area contributed by atoms with Crippen molar-refractivity contribution in [1.29, 1.82) is 0 Å². The monoisotopic (exact) mass is 828 g/mol. The van der Waals surface area contributed by atoms with Crippen LogP contribution >= 0.6 is 0 Å². The Hall–Kier alpha value is -8.53. The highest BCUT2D eigenvalue weighted by atomic mass is 16.3. The molecule has 65 heavy (non-hydrogen) atoms. The molecule has 0 N–H and O–H groups in total. The number of hydrogen-bond donors (Lipinski definition) is 0. The fraction of sp³-hybridized carbons (Fsp3) is 0.0161. The van der Waals surface area contributed by atoms with Crippen molar-refractivity contribution in [3.05, 3.63) is 265 Å². The first-order chi connectivity index (χ1) is 32.2. The molecule has 304 valence electrons. The maximum atomic E-state index is 6.33. The van der Waals surface area contributed by atoms with Gasteiger partial charge >= 0.3 is 0 Å². The molecule has 1 aliphatic rings. The van der Waals surface area contributed by atoms with Gasteiger partial charge in [-0.2, -0.15) is 0 Å². The minimum absolute atomic E-state index is 0.520. The Labute approximate surface area is 377 Å². The van der Waals surface area contributed by atoms with Crippen LogP contribution in [-0.4, -0.2) is 4.98 Å². The summed E-state index contributed by atoms with van der Waals surface area (Å²) in [5, 5.41) is 5.51. The lowest BCUT2D eigenvalue weighted by Gasteiger charge is -2.35. The number of para-hydroxylation sites is 1. The number of fused-ring (bicyclic) bond motifs is 9. The van der Waals surface area contributed by atoms with Crippen LogP contribution in [0.4, 0.5) is 17.1 Å². The van der Waals surface area contributed by atoms with Gasteiger partial charge in [0.2, 0.25) is 0 Å². The molecule has 0 spiro atoms. The summed E-state index contributed by atoms with van der Waals surface area (Å²) in [7, 11) is 0. The summed E-state index contributed by atoms with van der Waals surface area (Å²) in [4.78, 5) is 7.81. The quantitative estimate of drug-likeness (QED) is 0.150. The molecular weight excluding hydrogens is 789 g/mol. The summed E-state index contributed by atoms with van der Waals surface area (Å²) < 4.78 is 6.33. The zero-order valence-corrected chi connectivity index (χ0v) is 35.4. The molecule has 0 fully saturated rings. The number of rotatable bonds is 7. The summed E-state index contributed by atoms with van der Waals surface area (Å²) in [6, 6.07) is 87.8. The Bertz CT molecular complexity index is 3710. The van der Waals surface area contributed by atoms with Crippen molar-refractivity contribution >= 4 is 60.7 Å². The second-order valence-corrected chi connectivity index (χ2v) is 17.0. The Morgan fingerprint density at radius 2 is 0.877 bits per heavy atom. The second kappa shape index (κ2) is 14.8. The van der Waals surface area contributed by atoms with E-state index in [0.717, 1.165) is 71.9 Å². The van der Waals surface area contributed by atoms with E-state index in [4.69, 9.17) is 9.40 Å². The van der Waals surface area contributed by atoms with E-state index in [-0.39, 0.29) is 0 Å². The lowest BCUT2D eigenvalue weighted by Crippen LogP contribution is -2.28. The molecule has 1 aliphatic carbocycles. The van der Waals surface area contributed by atoms with Crippen LogP contribution in [0, 0.1) is 0 Å². The molecule has 3 nitrogen and oxygen atoms in total. The topological polar surface area (TPSA) is 29.3 Å². The largest absolute Gasteiger partial charge is 0.456 e. The summed E-state index contributed by atoms with van der Waals surface area (Å²) >= 11 is 0. The van der Waals surface area contributed by atoms with Crippen LogP contribution < -0.4 is 4.90 Å². The first-order valence-corrected chi connectivity index (χ1v) is 22.3. The maximum absolute atomic E-state index is 6.33. The predicted octanol–water partition coefficient (Wildman–Crippen LogP) is 16.5. The number of nitrogens with zero attached hydrogens (tertiary/aromatic N) is 2. The van der Waals surface area contributed by atoms with E-state index in [2.05, 4.69) is 235 Å². The lowest BCUT2D eigenvalue weighted by atomic mass is 9.67. The Morgan fingerprint density at radius 3 is 1.58 bits per heavy atom. The van der Waals surface area contributed by atoms with Crippen molar-refractivity contribution in [3.63, 3.8) is 0 Å². The van der Waals surface area contributed by atoms with Gasteiger partial charge in [-0.25, -0.2) is 4.98 Å². The molecule has 0 radical (unpaired) electrons. The zero-order chi connectivity index (χ0) is 42.9. The van der Waals surface area contributed by atoms with Crippen LogP contribution in [0.1, 0.15) is 22.3 Å². The van der Waals surface area contributed by atoms with Gasteiger partial charge in [-0.1, -0.05) is 188 Å². The van der Waals surface area contributed by atoms with Gasteiger partial charge in [-0.05, 0) is 104 Å². The molecule has 0 bridgehead atoms. The van der Waals surface area contributed by atoms with Gasteiger partial charge in [0.05, 0.1) is 16.6 Å². The van der Waals surface area contributed by atoms with Crippen molar-refractivity contribution in [1.82, 2.24) is 4.98 Å². The van der Waals surface area contributed by atoms with Gasteiger partial charge in [0.1, 0.15) is 11.2 Å². The van der Waals surface area contributed by atoms with E-state index >= 15 is 0 Å². The van der Waals surface area contributed by atoms with E-state index in [1.54, 1.807) is 0 Å². The molecule has 0 unspecified atom stereocenters. The van der Waals surface area contributed by atoms with Gasteiger partial charge in [0.15, 0.2) is 0 Å². The van der Waals surface area contributed by atoms with Crippen LogP contribution in [0.25, 0.3) is 77.1 Å². The van der Waals surface area contributed by atoms with Gasteiger partial charge in [-0.3, -0.25) is 0 Å². The van der Waals surface area contributed by atoms with Crippen molar-refractivity contribution in [3.8, 4) is 33.5 Å². The van der Waals surface area contributed by atoms with Crippen LogP contribution in [-0.2, 0) is 5.41 Å². The van der Waals surface area contributed by atoms with Gasteiger partial charge < -0.3 is 9.32 Å². The molecule has 0 saturated heterocycles. The van der Waals surface area contributed by atoms with E-state index < -0.39 is 5.41 Å². The predicted molar refractivity (Wildman–Crippen MR) is 269 cm³/mol. The van der Waals surface area contributed by atoms with Crippen LogP contribution in [0.15, 0.2) is 247 Å². The van der Waals surface area contributed by atoms with Crippen molar-refractivity contribution < 1.29 is 4.42 Å². The van der Waals surface area contributed by atoms with Gasteiger partial charge in [0, 0.05) is 44.2 Å². The molecule has 0 saturated carbocycles. The molecular formula is C62H40N2O. The molecule has 3 heteroatoms. The van der Waals surface area contributed by atoms with Gasteiger partial charge in [0.25, 0.3) is 0 Å². The SMILES string of the molecule is c1ccc(-c2ccc(N(c3ccc(-c4nc5cc6c(cc5c5ccccc45)oc4ccccc46)cc3)c3ccc4c(c3)C(c3ccccc3)(c3ccccc3)c3ccccc3-4)cc2)cc1. The molecule has 13 rings (SSSR count). The average molecular weight is 829 g/mol. The van der Waals surface area contributed by atoms with Crippen LogP contribution in [0.3, 0.4) is 0 Å². The van der Waals surface area contributed by atoms with Crippen molar-refractivity contribution in [2.45, 2.75) is 5.41 Å². The highest BCUT2D eigenvalue weighted by Gasteiger charge is 2.46. The first-order valence-electron chi connectivity index (χ1n) is 22.3. The third kappa shape index (κ3) is 5.79. The van der Waals surface area contributed by atoms with E-state index in [9.17, 15) is 0 Å². The fourth-order valence-corrected chi connectivity index (χ4v) is 10.6. The Balaban J connectivity index is 0.993. The number of aromatic nitrogens is 1. The van der Waals surface area contributed by atoms with E-state index in [0.29, 0.717) is 0 Å². The van der Waals surface area contributed by atoms with Crippen LogP contribution in [0.5, 0.6) is 0 Å². The number of pyridine rings is 1. The fourth-order valence-electron chi connectivity index (χ4n) is 10.6. The van der Waals surface area contributed by atoms with Crippen molar-refractivity contribution in [2.75, 3.05) is 4.90 Å². The molecule has 0 amide bonds. The highest BCUT2D eigenvalue weighted by Crippen LogP contribution is 2.57. The van der Waals surface area contributed by atoms with Gasteiger partial charge in [-0.15, -0.1) is 0 Å². The highest BCUT2D eigenvalue weighted by molar-refractivity contribution is 6.17.